The van der Waals surface area contributed by atoms with Gasteiger partial charge in [-0.15, -0.1) is 0 Å². The Kier molecular flexibility index (Phi) is 3.87. The number of carbonyl (C=O) groups is 1. The number of fused-ring (bicyclic) bond motifs is 1. The molecule has 3 aromatic rings. The van der Waals surface area contributed by atoms with Crippen LogP contribution in [0.5, 0.6) is 0 Å². The molecule has 0 saturated heterocycles. The SMILES string of the molecule is C[C@H](NC(=O)Cc1c[nH]c2ncccc12)c1ccc(F)cc1. The Morgan fingerprint density at radius 2 is 2.09 bits per heavy atom. The van der Waals surface area contributed by atoms with Crippen LogP contribution >= 0.6 is 0 Å². The van der Waals surface area contributed by atoms with Crippen molar-refractivity contribution >= 4 is 16.9 Å². The van der Waals surface area contributed by atoms with E-state index < -0.39 is 0 Å². The Balaban J connectivity index is 1.68. The molecule has 0 aliphatic carbocycles. The number of aromatic amines is 1. The molecule has 5 heteroatoms. The molecule has 0 aliphatic rings. The number of H-pyrrole nitrogens is 1. The van der Waals surface area contributed by atoms with Gasteiger partial charge in [0.2, 0.25) is 5.91 Å². The number of nitrogens with one attached hydrogen (secondary N) is 2. The summed E-state index contributed by atoms with van der Waals surface area (Å²) in [5.41, 5.74) is 2.55. The molecule has 2 N–H and O–H groups in total. The van der Waals surface area contributed by atoms with Gasteiger partial charge in [0.05, 0.1) is 12.5 Å². The maximum absolute atomic E-state index is 12.9. The van der Waals surface area contributed by atoms with Gasteiger partial charge in [-0.25, -0.2) is 9.37 Å². The van der Waals surface area contributed by atoms with Crippen molar-refractivity contribution in [3.05, 3.63) is 65.7 Å². The molecule has 22 heavy (non-hydrogen) atoms. The highest BCUT2D eigenvalue weighted by Crippen LogP contribution is 2.17. The molecule has 2 aromatic heterocycles. The Bertz CT molecular complexity index is 795. The van der Waals surface area contributed by atoms with Crippen LogP contribution in [-0.2, 0) is 11.2 Å². The summed E-state index contributed by atoms with van der Waals surface area (Å²) in [6.45, 7) is 1.88. The van der Waals surface area contributed by atoms with E-state index in [-0.39, 0.29) is 24.2 Å². The van der Waals surface area contributed by atoms with E-state index in [1.165, 1.54) is 12.1 Å². The van der Waals surface area contributed by atoms with Crippen LogP contribution in [0.25, 0.3) is 11.0 Å². The van der Waals surface area contributed by atoms with Gasteiger partial charge in [-0.2, -0.15) is 0 Å². The summed E-state index contributed by atoms with van der Waals surface area (Å²) in [6, 6.07) is 9.75. The number of pyridine rings is 1. The fourth-order valence-corrected chi connectivity index (χ4v) is 2.46. The van der Waals surface area contributed by atoms with Gasteiger partial charge in [0.1, 0.15) is 11.5 Å². The standard InChI is InChI=1S/C17H16FN3O/c1-11(12-4-6-14(18)7-5-12)21-16(22)9-13-10-20-17-15(13)3-2-8-19-17/h2-8,10-11H,9H2,1H3,(H,19,20)(H,21,22)/t11-/m0/s1. The summed E-state index contributed by atoms with van der Waals surface area (Å²) >= 11 is 0. The third kappa shape index (κ3) is 2.98. The summed E-state index contributed by atoms with van der Waals surface area (Å²) in [6.07, 6.45) is 3.79. The normalized spacial score (nSPS) is 12.3. The van der Waals surface area contributed by atoms with Crippen LogP contribution in [0.1, 0.15) is 24.1 Å². The van der Waals surface area contributed by atoms with E-state index in [1.807, 2.05) is 19.1 Å². The van der Waals surface area contributed by atoms with Gasteiger partial charge in [-0.1, -0.05) is 12.1 Å². The first-order chi connectivity index (χ1) is 10.6. The summed E-state index contributed by atoms with van der Waals surface area (Å²) < 4.78 is 12.9. The summed E-state index contributed by atoms with van der Waals surface area (Å²) in [4.78, 5) is 19.4. The van der Waals surface area contributed by atoms with Crippen LogP contribution in [-0.4, -0.2) is 15.9 Å². The third-order valence-electron chi connectivity index (χ3n) is 3.64. The predicted molar refractivity (Wildman–Crippen MR) is 82.8 cm³/mol. The molecule has 1 aromatic carbocycles. The van der Waals surface area contributed by atoms with E-state index in [1.54, 1.807) is 24.5 Å². The van der Waals surface area contributed by atoms with Gasteiger partial charge < -0.3 is 10.3 Å². The van der Waals surface area contributed by atoms with Gasteiger partial charge in [0.25, 0.3) is 0 Å². The number of halogens is 1. The van der Waals surface area contributed by atoms with Crippen molar-refractivity contribution in [1.82, 2.24) is 15.3 Å². The lowest BCUT2D eigenvalue weighted by atomic mass is 10.1. The zero-order valence-corrected chi connectivity index (χ0v) is 12.1. The first-order valence-electron chi connectivity index (χ1n) is 7.09. The van der Waals surface area contributed by atoms with Crippen molar-refractivity contribution in [2.75, 3.05) is 0 Å². The number of hydrogen-bond acceptors (Lipinski definition) is 2. The van der Waals surface area contributed by atoms with Gasteiger partial charge >= 0.3 is 0 Å². The quantitative estimate of drug-likeness (QED) is 0.777. The zero-order valence-electron chi connectivity index (χ0n) is 12.1. The van der Waals surface area contributed by atoms with Crippen molar-refractivity contribution in [2.24, 2.45) is 0 Å². The first-order valence-corrected chi connectivity index (χ1v) is 7.09. The van der Waals surface area contributed by atoms with Crippen LogP contribution in [0.15, 0.2) is 48.8 Å². The molecule has 0 bridgehead atoms. The number of amides is 1. The van der Waals surface area contributed by atoms with E-state index in [9.17, 15) is 9.18 Å². The molecule has 0 fully saturated rings. The lowest BCUT2D eigenvalue weighted by Crippen LogP contribution is -2.28. The predicted octanol–water partition coefficient (Wildman–Crippen LogP) is 3.12. The highest BCUT2D eigenvalue weighted by molar-refractivity contribution is 5.87. The molecule has 2 heterocycles. The number of rotatable bonds is 4. The molecule has 0 saturated carbocycles. The van der Waals surface area contributed by atoms with Crippen molar-refractivity contribution < 1.29 is 9.18 Å². The Morgan fingerprint density at radius 1 is 1.32 bits per heavy atom. The number of carbonyl (C=O) groups excluding carboxylic acids is 1. The van der Waals surface area contributed by atoms with E-state index in [4.69, 9.17) is 0 Å². The minimum absolute atomic E-state index is 0.0819. The second kappa shape index (κ2) is 5.97. The summed E-state index contributed by atoms with van der Waals surface area (Å²) in [5.74, 6) is -0.366. The van der Waals surface area contributed by atoms with Crippen molar-refractivity contribution in [3.8, 4) is 0 Å². The van der Waals surface area contributed by atoms with E-state index >= 15 is 0 Å². The maximum Gasteiger partial charge on any atom is 0.224 e. The summed E-state index contributed by atoms with van der Waals surface area (Å²) in [5, 5.41) is 3.87. The summed E-state index contributed by atoms with van der Waals surface area (Å²) in [7, 11) is 0. The van der Waals surface area contributed by atoms with E-state index in [2.05, 4.69) is 15.3 Å². The minimum Gasteiger partial charge on any atom is -0.349 e. The lowest BCUT2D eigenvalue weighted by molar-refractivity contribution is -0.121. The van der Waals surface area contributed by atoms with E-state index in [0.717, 1.165) is 22.2 Å². The van der Waals surface area contributed by atoms with Crippen LogP contribution in [0.2, 0.25) is 0 Å². The highest BCUT2D eigenvalue weighted by Gasteiger charge is 2.12. The Morgan fingerprint density at radius 3 is 2.86 bits per heavy atom. The largest absolute Gasteiger partial charge is 0.349 e. The fourth-order valence-electron chi connectivity index (χ4n) is 2.46. The molecule has 1 atom stereocenters. The van der Waals surface area contributed by atoms with Crippen LogP contribution in [0.3, 0.4) is 0 Å². The monoisotopic (exact) mass is 297 g/mol. The number of benzene rings is 1. The van der Waals surface area contributed by atoms with Gasteiger partial charge in [0.15, 0.2) is 0 Å². The average molecular weight is 297 g/mol. The minimum atomic E-state index is -0.284. The maximum atomic E-state index is 12.9. The molecular weight excluding hydrogens is 281 g/mol. The molecule has 0 aliphatic heterocycles. The second-order valence-corrected chi connectivity index (χ2v) is 5.23. The average Bonchev–Trinajstić information content (AvgIpc) is 2.91. The lowest BCUT2D eigenvalue weighted by Gasteiger charge is -2.14. The van der Waals surface area contributed by atoms with Gasteiger partial charge in [-0.05, 0) is 42.3 Å². The first kappa shape index (κ1) is 14.3. The van der Waals surface area contributed by atoms with Crippen molar-refractivity contribution in [1.29, 1.82) is 0 Å². The molecule has 0 spiro atoms. The fraction of sp³-hybridized carbons (Fsp3) is 0.176. The number of aromatic nitrogens is 2. The second-order valence-electron chi connectivity index (χ2n) is 5.23. The van der Waals surface area contributed by atoms with Crippen molar-refractivity contribution in [2.45, 2.75) is 19.4 Å². The number of nitrogens with zero attached hydrogens (tertiary/aromatic N) is 1. The van der Waals surface area contributed by atoms with Gasteiger partial charge in [-0.3, -0.25) is 4.79 Å². The van der Waals surface area contributed by atoms with Crippen molar-refractivity contribution in [3.63, 3.8) is 0 Å². The van der Waals surface area contributed by atoms with Crippen LogP contribution < -0.4 is 5.32 Å². The molecule has 3 rings (SSSR count). The van der Waals surface area contributed by atoms with Crippen LogP contribution in [0.4, 0.5) is 4.39 Å². The zero-order chi connectivity index (χ0) is 15.5. The molecule has 4 nitrogen and oxygen atoms in total. The van der Waals surface area contributed by atoms with Crippen LogP contribution in [0, 0.1) is 5.82 Å². The molecule has 0 radical (unpaired) electrons. The molecular formula is C17H16FN3O. The van der Waals surface area contributed by atoms with Gasteiger partial charge in [0, 0.05) is 17.8 Å². The molecule has 112 valence electrons. The number of hydrogen-bond donors (Lipinski definition) is 2. The molecule has 0 unspecified atom stereocenters. The Hall–Kier alpha value is -2.69. The highest BCUT2D eigenvalue weighted by atomic mass is 19.1. The molecule has 1 amide bonds. The smallest absolute Gasteiger partial charge is 0.224 e. The Labute approximate surface area is 127 Å². The topological polar surface area (TPSA) is 57.8 Å². The van der Waals surface area contributed by atoms with E-state index in [0.29, 0.717) is 0 Å². The third-order valence-corrected chi connectivity index (χ3v) is 3.64.